The van der Waals surface area contributed by atoms with Gasteiger partial charge in [-0.3, -0.25) is 4.79 Å². The fourth-order valence-corrected chi connectivity index (χ4v) is 2.54. The Morgan fingerprint density at radius 2 is 2.00 bits per heavy atom. The van der Waals surface area contributed by atoms with Crippen molar-refractivity contribution in [3.8, 4) is 0 Å². The molecule has 0 spiro atoms. The normalized spacial score (nSPS) is 11.2. The summed E-state index contributed by atoms with van der Waals surface area (Å²) in [7, 11) is 0. The minimum Gasteiger partial charge on any atom is -0.352 e. The first-order chi connectivity index (χ1) is 9.69. The van der Waals surface area contributed by atoms with Gasteiger partial charge in [-0.25, -0.2) is 0 Å². The lowest BCUT2D eigenvalue weighted by Crippen LogP contribution is -2.36. The Morgan fingerprint density at radius 3 is 2.65 bits per heavy atom. The number of nitrogens with zero attached hydrogens (tertiary/aromatic N) is 1. The van der Waals surface area contributed by atoms with Gasteiger partial charge in [0.25, 0.3) is 0 Å². The van der Waals surface area contributed by atoms with Crippen LogP contribution in [0.5, 0.6) is 0 Å². The highest BCUT2D eigenvalue weighted by atomic mass is 16.2. The molecule has 0 aliphatic carbocycles. The molecule has 1 aromatic heterocycles. The van der Waals surface area contributed by atoms with E-state index in [9.17, 15) is 4.79 Å². The van der Waals surface area contributed by atoms with Gasteiger partial charge in [-0.15, -0.1) is 0 Å². The highest BCUT2D eigenvalue weighted by Gasteiger charge is 2.12. The van der Waals surface area contributed by atoms with E-state index in [0.717, 1.165) is 29.3 Å². The molecular weight excluding hydrogens is 250 g/mol. The molecule has 4 heteroatoms. The minimum atomic E-state index is 0.0584. The van der Waals surface area contributed by atoms with Crippen molar-refractivity contribution in [3.63, 3.8) is 0 Å². The quantitative estimate of drug-likeness (QED) is 0.849. The molecule has 4 nitrogen and oxygen atoms in total. The zero-order valence-electron chi connectivity index (χ0n) is 12.2. The van der Waals surface area contributed by atoms with Gasteiger partial charge in [0.1, 0.15) is 6.54 Å². The number of hydrogen-bond donors (Lipinski definition) is 2. The van der Waals surface area contributed by atoms with E-state index in [1.165, 1.54) is 0 Å². The van der Waals surface area contributed by atoms with Crippen LogP contribution in [-0.2, 0) is 17.9 Å². The van der Waals surface area contributed by atoms with E-state index in [2.05, 4.69) is 19.2 Å². The molecule has 0 bridgehead atoms. The third-order valence-corrected chi connectivity index (χ3v) is 3.76. The van der Waals surface area contributed by atoms with Crippen LogP contribution in [0, 0.1) is 0 Å². The maximum atomic E-state index is 12.1. The molecule has 0 aliphatic heterocycles. The smallest absolute Gasteiger partial charge is 0.240 e. The maximum absolute atomic E-state index is 12.1. The van der Waals surface area contributed by atoms with Gasteiger partial charge in [-0.2, -0.15) is 0 Å². The van der Waals surface area contributed by atoms with E-state index >= 15 is 0 Å². The molecule has 0 aliphatic rings. The second-order valence-corrected chi connectivity index (χ2v) is 5.08. The van der Waals surface area contributed by atoms with Gasteiger partial charge < -0.3 is 15.6 Å². The van der Waals surface area contributed by atoms with E-state index < -0.39 is 0 Å². The summed E-state index contributed by atoms with van der Waals surface area (Å²) in [6, 6.07) is 8.32. The summed E-state index contributed by atoms with van der Waals surface area (Å²) in [6.45, 7) is 5.01. The van der Waals surface area contributed by atoms with E-state index in [1.54, 1.807) is 0 Å². The topological polar surface area (TPSA) is 60.0 Å². The molecule has 1 aromatic carbocycles. The number of carbonyl (C=O) groups excluding carboxylic acids is 1. The summed E-state index contributed by atoms with van der Waals surface area (Å²) in [6.07, 6.45) is 3.91. The van der Waals surface area contributed by atoms with E-state index in [0.29, 0.717) is 13.1 Å². The van der Waals surface area contributed by atoms with Gasteiger partial charge >= 0.3 is 0 Å². The maximum Gasteiger partial charge on any atom is 0.240 e. The summed E-state index contributed by atoms with van der Waals surface area (Å²) in [5.41, 5.74) is 7.91. The van der Waals surface area contributed by atoms with Crippen molar-refractivity contribution in [3.05, 3.63) is 36.0 Å². The zero-order valence-corrected chi connectivity index (χ0v) is 12.2. The highest BCUT2D eigenvalue weighted by Crippen LogP contribution is 2.20. The minimum absolute atomic E-state index is 0.0584. The standard InChI is InChI=1S/C16H23N3O/c1-3-13(4-2)18-16(20)11-19-10-12(9-17)14-7-5-6-8-15(14)19/h5-8,10,13H,3-4,9,11,17H2,1-2H3,(H,18,20). The Morgan fingerprint density at radius 1 is 1.30 bits per heavy atom. The molecule has 0 unspecified atom stereocenters. The molecule has 0 radical (unpaired) electrons. The lowest BCUT2D eigenvalue weighted by atomic mass is 10.2. The summed E-state index contributed by atoms with van der Waals surface area (Å²) < 4.78 is 1.98. The van der Waals surface area contributed by atoms with Crippen LogP contribution >= 0.6 is 0 Å². The van der Waals surface area contributed by atoms with Gasteiger partial charge in [0.2, 0.25) is 5.91 Å². The van der Waals surface area contributed by atoms with Crippen LogP contribution in [0.15, 0.2) is 30.5 Å². The Bertz CT molecular complexity index is 584. The van der Waals surface area contributed by atoms with Crippen molar-refractivity contribution in [1.29, 1.82) is 0 Å². The van der Waals surface area contributed by atoms with Crippen LogP contribution in [0.25, 0.3) is 10.9 Å². The van der Waals surface area contributed by atoms with Crippen LogP contribution < -0.4 is 11.1 Å². The van der Waals surface area contributed by atoms with Gasteiger partial charge in [0, 0.05) is 29.7 Å². The lowest BCUT2D eigenvalue weighted by Gasteiger charge is -2.15. The van der Waals surface area contributed by atoms with Crippen molar-refractivity contribution in [2.45, 2.75) is 45.8 Å². The molecule has 0 saturated carbocycles. The Labute approximate surface area is 120 Å². The molecule has 20 heavy (non-hydrogen) atoms. The fraction of sp³-hybridized carbons (Fsp3) is 0.438. The average Bonchev–Trinajstić information content (AvgIpc) is 2.83. The molecule has 0 saturated heterocycles. The number of fused-ring (bicyclic) bond motifs is 1. The van der Waals surface area contributed by atoms with Crippen LogP contribution in [0.1, 0.15) is 32.3 Å². The Hall–Kier alpha value is -1.81. The van der Waals surface area contributed by atoms with Crippen LogP contribution in [0.4, 0.5) is 0 Å². The number of nitrogens with two attached hydrogens (primary N) is 1. The predicted octanol–water partition coefficient (Wildman–Crippen LogP) is 2.40. The van der Waals surface area contributed by atoms with Crippen molar-refractivity contribution < 1.29 is 4.79 Å². The van der Waals surface area contributed by atoms with Crippen molar-refractivity contribution in [1.82, 2.24) is 9.88 Å². The Balaban J connectivity index is 2.19. The fourth-order valence-electron chi connectivity index (χ4n) is 2.54. The number of aromatic nitrogens is 1. The first kappa shape index (κ1) is 14.6. The van der Waals surface area contributed by atoms with Gasteiger partial charge in [0.15, 0.2) is 0 Å². The van der Waals surface area contributed by atoms with Gasteiger partial charge in [0.05, 0.1) is 0 Å². The third-order valence-electron chi connectivity index (χ3n) is 3.76. The molecular formula is C16H23N3O. The van der Waals surface area contributed by atoms with Crippen molar-refractivity contribution in [2.75, 3.05) is 0 Å². The molecule has 1 heterocycles. The van der Waals surface area contributed by atoms with Crippen LogP contribution in [-0.4, -0.2) is 16.5 Å². The van der Waals surface area contributed by atoms with Crippen molar-refractivity contribution >= 4 is 16.8 Å². The highest BCUT2D eigenvalue weighted by molar-refractivity contribution is 5.86. The van der Waals surface area contributed by atoms with E-state index in [-0.39, 0.29) is 11.9 Å². The Kier molecular flexibility index (Phi) is 4.79. The van der Waals surface area contributed by atoms with Gasteiger partial charge in [-0.05, 0) is 24.5 Å². The largest absolute Gasteiger partial charge is 0.352 e. The summed E-state index contributed by atoms with van der Waals surface area (Å²) >= 11 is 0. The van der Waals surface area contributed by atoms with Crippen molar-refractivity contribution in [2.24, 2.45) is 5.73 Å². The average molecular weight is 273 g/mol. The molecule has 108 valence electrons. The number of hydrogen-bond acceptors (Lipinski definition) is 2. The molecule has 2 aromatic rings. The summed E-state index contributed by atoms with van der Waals surface area (Å²) in [4.78, 5) is 12.1. The van der Waals surface area contributed by atoms with E-state index in [4.69, 9.17) is 5.73 Å². The number of amides is 1. The molecule has 3 N–H and O–H groups in total. The number of benzene rings is 1. The number of rotatable bonds is 6. The first-order valence-electron chi connectivity index (χ1n) is 7.25. The first-order valence-corrected chi connectivity index (χ1v) is 7.25. The number of para-hydroxylation sites is 1. The second kappa shape index (κ2) is 6.57. The van der Waals surface area contributed by atoms with Crippen LogP contribution in [0.2, 0.25) is 0 Å². The van der Waals surface area contributed by atoms with E-state index in [1.807, 2.05) is 35.0 Å². The zero-order chi connectivity index (χ0) is 14.5. The second-order valence-electron chi connectivity index (χ2n) is 5.08. The molecule has 1 amide bonds. The SMILES string of the molecule is CCC(CC)NC(=O)Cn1cc(CN)c2ccccc21. The lowest BCUT2D eigenvalue weighted by molar-refractivity contribution is -0.122. The van der Waals surface area contributed by atoms with Crippen LogP contribution in [0.3, 0.4) is 0 Å². The molecule has 0 atom stereocenters. The molecule has 0 fully saturated rings. The monoisotopic (exact) mass is 273 g/mol. The summed E-state index contributed by atoms with van der Waals surface area (Å²) in [5, 5.41) is 4.20. The predicted molar refractivity (Wildman–Crippen MR) is 82.3 cm³/mol. The third kappa shape index (κ3) is 3.02. The van der Waals surface area contributed by atoms with Gasteiger partial charge in [-0.1, -0.05) is 32.0 Å². The summed E-state index contributed by atoms with van der Waals surface area (Å²) in [5.74, 6) is 0.0584. The number of carbonyl (C=O) groups is 1. The number of nitrogens with one attached hydrogen (secondary N) is 1. The molecule has 2 rings (SSSR count).